The molecule has 0 aliphatic heterocycles. The number of anilines is 2. The standard InChI is InChI=1S/C24H23N3O6S/c1-16(28)26-20-7-11-22(12-8-20)33-24(30)19-5-3-18(4-6-19)15-25-34(31,32)23-13-9-21(10-14-23)27-17(2)29/h3-14,25H,15H2,1-2H3,(H,26,28)(H,27,29). The maximum absolute atomic E-state index is 12.5. The Bertz CT molecular complexity index is 1290. The summed E-state index contributed by atoms with van der Waals surface area (Å²) in [6.45, 7) is 2.79. The van der Waals surface area contributed by atoms with Crippen molar-refractivity contribution in [1.29, 1.82) is 0 Å². The summed E-state index contributed by atoms with van der Waals surface area (Å²) in [6, 6.07) is 18.5. The van der Waals surface area contributed by atoms with Crippen molar-refractivity contribution in [2.45, 2.75) is 25.3 Å². The van der Waals surface area contributed by atoms with Gasteiger partial charge < -0.3 is 15.4 Å². The van der Waals surface area contributed by atoms with E-state index < -0.39 is 16.0 Å². The lowest BCUT2D eigenvalue weighted by atomic mass is 10.1. The summed E-state index contributed by atoms with van der Waals surface area (Å²) >= 11 is 0. The molecule has 3 aromatic rings. The van der Waals surface area contributed by atoms with Gasteiger partial charge in [0.2, 0.25) is 21.8 Å². The zero-order valence-electron chi connectivity index (χ0n) is 18.5. The molecule has 0 saturated heterocycles. The number of hydrogen-bond donors (Lipinski definition) is 3. The maximum Gasteiger partial charge on any atom is 0.343 e. The first-order chi connectivity index (χ1) is 16.1. The Kier molecular flexibility index (Phi) is 7.77. The summed E-state index contributed by atoms with van der Waals surface area (Å²) in [6.07, 6.45) is 0. The molecule has 0 aromatic heterocycles. The Morgan fingerprint density at radius 3 is 1.74 bits per heavy atom. The lowest BCUT2D eigenvalue weighted by Gasteiger charge is -2.09. The van der Waals surface area contributed by atoms with Gasteiger partial charge in [0.1, 0.15) is 5.75 Å². The summed E-state index contributed by atoms with van der Waals surface area (Å²) < 4.78 is 32.8. The molecule has 3 rings (SSSR count). The number of carbonyl (C=O) groups is 3. The first-order valence-corrected chi connectivity index (χ1v) is 11.7. The van der Waals surface area contributed by atoms with Gasteiger partial charge in [-0.2, -0.15) is 0 Å². The predicted molar refractivity (Wildman–Crippen MR) is 127 cm³/mol. The average Bonchev–Trinajstić information content (AvgIpc) is 2.79. The minimum atomic E-state index is -3.76. The van der Waals surface area contributed by atoms with Crippen molar-refractivity contribution < 1.29 is 27.5 Å². The molecule has 0 unspecified atom stereocenters. The van der Waals surface area contributed by atoms with Crippen LogP contribution in [0, 0.1) is 0 Å². The Morgan fingerprint density at radius 2 is 1.24 bits per heavy atom. The van der Waals surface area contributed by atoms with Crippen LogP contribution in [0.2, 0.25) is 0 Å². The highest BCUT2D eigenvalue weighted by molar-refractivity contribution is 7.89. The number of rotatable bonds is 8. The fraction of sp³-hybridized carbons (Fsp3) is 0.125. The highest BCUT2D eigenvalue weighted by Gasteiger charge is 2.14. The van der Waals surface area contributed by atoms with E-state index in [9.17, 15) is 22.8 Å². The molecular formula is C24H23N3O6S. The van der Waals surface area contributed by atoms with Crippen LogP contribution < -0.4 is 20.1 Å². The van der Waals surface area contributed by atoms with Gasteiger partial charge in [-0.15, -0.1) is 0 Å². The molecule has 0 aliphatic carbocycles. The molecule has 0 heterocycles. The van der Waals surface area contributed by atoms with Gasteiger partial charge in [-0.25, -0.2) is 17.9 Å². The minimum absolute atomic E-state index is 0.0235. The molecule has 0 bridgehead atoms. The molecule has 3 aromatic carbocycles. The molecule has 0 atom stereocenters. The summed E-state index contributed by atoms with van der Waals surface area (Å²) in [7, 11) is -3.76. The third-order valence-corrected chi connectivity index (χ3v) is 5.94. The summed E-state index contributed by atoms with van der Waals surface area (Å²) in [5.41, 5.74) is 2.03. The van der Waals surface area contributed by atoms with E-state index in [-0.39, 0.29) is 23.3 Å². The van der Waals surface area contributed by atoms with Crippen LogP contribution in [0.5, 0.6) is 5.75 Å². The molecule has 0 spiro atoms. The molecule has 3 N–H and O–H groups in total. The van der Waals surface area contributed by atoms with Crippen molar-refractivity contribution >= 4 is 39.2 Å². The number of amides is 2. The summed E-state index contributed by atoms with van der Waals surface area (Å²) in [4.78, 5) is 34.5. The Balaban J connectivity index is 1.57. The van der Waals surface area contributed by atoms with Crippen molar-refractivity contribution in [2.24, 2.45) is 0 Å². The first kappa shape index (κ1) is 24.6. The minimum Gasteiger partial charge on any atom is -0.423 e. The molecule has 0 radical (unpaired) electrons. The van der Waals surface area contributed by atoms with E-state index in [1.54, 1.807) is 48.5 Å². The largest absolute Gasteiger partial charge is 0.423 e. The highest BCUT2D eigenvalue weighted by atomic mass is 32.2. The predicted octanol–water partition coefficient (Wildman–Crippen LogP) is 3.30. The highest BCUT2D eigenvalue weighted by Crippen LogP contribution is 2.18. The number of hydrogen-bond acceptors (Lipinski definition) is 6. The molecule has 10 heteroatoms. The lowest BCUT2D eigenvalue weighted by molar-refractivity contribution is -0.115. The summed E-state index contributed by atoms with van der Waals surface area (Å²) in [5, 5.41) is 5.19. The number of carbonyl (C=O) groups excluding carboxylic acids is 3. The van der Waals surface area contributed by atoms with Crippen LogP contribution in [-0.2, 0) is 26.2 Å². The zero-order chi connectivity index (χ0) is 24.7. The van der Waals surface area contributed by atoms with Gasteiger partial charge in [-0.05, 0) is 66.2 Å². The zero-order valence-corrected chi connectivity index (χ0v) is 19.3. The van der Waals surface area contributed by atoms with Crippen molar-refractivity contribution in [3.05, 3.63) is 83.9 Å². The van der Waals surface area contributed by atoms with E-state index in [4.69, 9.17) is 4.74 Å². The van der Waals surface area contributed by atoms with E-state index in [1.165, 1.54) is 38.1 Å². The Morgan fingerprint density at radius 1 is 0.735 bits per heavy atom. The number of esters is 1. The third-order valence-electron chi connectivity index (χ3n) is 4.53. The molecule has 9 nitrogen and oxygen atoms in total. The number of sulfonamides is 1. The number of nitrogens with one attached hydrogen (secondary N) is 3. The van der Waals surface area contributed by atoms with Crippen LogP contribution in [0.4, 0.5) is 11.4 Å². The fourth-order valence-electron chi connectivity index (χ4n) is 2.92. The summed E-state index contributed by atoms with van der Waals surface area (Å²) in [5.74, 6) is -0.702. The van der Waals surface area contributed by atoms with Gasteiger partial charge in [0.15, 0.2) is 0 Å². The normalized spacial score (nSPS) is 10.9. The first-order valence-electron chi connectivity index (χ1n) is 10.2. The molecule has 34 heavy (non-hydrogen) atoms. The van der Waals surface area contributed by atoms with Crippen molar-refractivity contribution in [2.75, 3.05) is 10.6 Å². The second-order valence-electron chi connectivity index (χ2n) is 7.32. The van der Waals surface area contributed by atoms with Gasteiger partial charge in [-0.3, -0.25) is 9.59 Å². The van der Waals surface area contributed by atoms with Gasteiger partial charge in [-0.1, -0.05) is 12.1 Å². The average molecular weight is 482 g/mol. The molecule has 0 aliphatic rings. The fourth-order valence-corrected chi connectivity index (χ4v) is 3.93. The Hall–Kier alpha value is -4.02. The number of benzene rings is 3. The molecular weight excluding hydrogens is 458 g/mol. The topological polar surface area (TPSA) is 131 Å². The van der Waals surface area contributed by atoms with Crippen molar-refractivity contribution in [3.8, 4) is 5.75 Å². The number of ether oxygens (including phenoxy) is 1. The van der Waals surface area contributed by atoms with E-state index in [2.05, 4.69) is 15.4 Å². The monoisotopic (exact) mass is 481 g/mol. The maximum atomic E-state index is 12.5. The van der Waals surface area contributed by atoms with Crippen LogP contribution in [0.1, 0.15) is 29.8 Å². The van der Waals surface area contributed by atoms with Gasteiger partial charge in [0.25, 0.3) is 0 Å². The second-order valence-corrected chi connectivity index (χ2v) is 9.09. The second kappa shape index (κ2) is 10.7. The van der Waals surface area contributed by atoms with Crippen LogP contribution >= 0.6 is 0 Å². The van der Waals surface area contributed by atoms with E-state index in [0.29, 0.717) is 28.3 Å². The third kappa shape index (κ3) is 6.99. The van der Waals surface area contributed by atoms with Crippen LogP contribution in [-0.4, -0.2) is 26.2 Å². The van der Waals surface area contributed by atoms with E-state index in [1.807, 2.05) is 0 Å². The van der Waals surface area contributed by atoms with Crippen molar-refractivity contribution in [1.82, 2.24) is 4.72 Å². The van der Waals surface area contributed by atoms with Crippen LogP contribution in [0.15, 0.2) is 77.7 Å². The van der Waals surface area contributed by atoms with Crippen molar-refractivity contribution in [3.63, 3.8) is 0 Å². The quantitative estimate of drug-likeness (QED) is 0.334. The smallest absolute Gasteiger partial charge is 0.343 e. The SMILES string of the molecule is CC(=O)Nc1ccc(OC(=O)c2ccc(CNS(=O)(=O)c3ccc(NC(C)=O)cc3)cc2)cc1. The lowest BCUT2D eigenvalue weighted by Crippen LogP contribution is -2.23. The van der Waals surface area contributed by atoms with Crippen LogP contribution in [0.3, 0.4) is 0 Å². The molecule has 176 valence electrons. The molecule has 2 amide bonds. The van der Waals surface area contributed by atoms with Gasteiger partial charge in [0.05, 0.1) is 10.5 Å². The molecule has 0 saturated carbocycles. The van der Waals surface area contributed by atoms with Gasteiger partial charge in [0, 0.05) is 31.8 Å². The van der Waals surface area contributed by atoms with E-state index in [0.717, 1.165) is 0 Å². The molecule has 0 fully saturated rings. The van der Waals surface area contributed by atoms with E-state index >= 15 is 0 Å². The van der Waals surface area contributed by atoms with Gasteiger partial charge >= 0.3 is 5.97 Å². The Labute approximate surface area is 197 Å². The van der Waals surface area contributed by atoms with Crippen LogP contribution in [0.25, 0.3) is 0 Å².